The lowest BCUT2D eigenvalue weighted by atomic mass is 10.1. The molecule has 9 heavy (non-hydrogen) atoms. The average Bonchev–Trinajstić information content (AvgIpc) is 2.18. The summed E-state index contributed by atoms with van der Waals surface area (Å²) >= 11 is 2.37. The standard InChI is InChI=1S/C7H11IO/c1-6-3-5-9-7(6)2-4-8/h7H,1-5H2. The van der Waals surface area contributed by atoms with Gasteiger partial charge in [0.2, 0.25) is 0 Å². The summed E-state index contributed by atoms with van der Waals surface area (Å²) in [4.78, 5) is 0. The van der Waals surface area contributed by atoms with Crippen LogP contribution in [0.1, 0.15) is 12.8 Å². The molecule has 0 amide bonds. The normalized spacial score (nSPS) is 27.2. The summed E-state index contributed by atoms with van der Waals surface area (Å²) in [5, 5.41) is 0. The third-order valence-corrected chi connectivity index (χ3v) is 2.19. The molecular weight excluding hydrogens is 227 g/mol. The maximum absolute atomic E-state index is 5.40. The maximum atomic E-state index is 5.40. The van der Waals surface area contributed by atoms with Gasteiger partial charge in [-0.1, -0.05) is 29.2 Å². The number of ether oxygens (including phenoxy) is 1. The van der Waals surface area contributed by atoms with E-state index in [1.54, 1.807) is 0 Å². The van der Waals surface area contributed by atoms with Gasteiger partial charge in [0.05, 0.1) is 12.7 Å². The summed E-state index contributed by atoms with van der Waals surface area (Å²) in [6.07, 6.45) is 2.59. The van der Waals surface area contributed by atoms with Crippen LogP contribution < -0.4 is 0 Å². The van der Waals surface area contributed by atoms with Crippen molar-refractivity contribution in [3.63, 3.8) is 0 Å². The predicted molar refractivity (Wildman–Crippen MR) is 47.0 cm³/mol. The lowest BCUT2D eigenvalue weighted by molar-refractivity contribution is 0.123. The van der Waals surface area contributed by atoms with E-state index in [1.165, 1.54) is 10.0 Å². The molecule has 0 spiro atoms. The fraction of sp³-hybridized carbons (Fsp3) is 0.714. The molecular formula is C7H11IO. The van der Waals surface area contributed by atoms with Gasteiger partial charge in [-0.3, -0.25) is 0 Å². The molecule has 1 atom stereocenters. The summed E-state index contributed by atoms with van der Waals surface area (Å²) < 4.78 is 6.57. The van der Waals surface area contributed by atoms with Crippen LogP contribution in [0.3, 0.4) is 0 Å². The highest BCUT2D eigenvalue weighted by atomic mass is 127. The summed E-state index contributed by atoms with van der Waals surface area (Å²) in [5.41, 5.74) is 1.28. The van der Waals surface area contributed by atoms with Gasteiger partial charge in [-0.15, -0.1) is 0 Å². The monoisotopic (exact) mass is 238 g/mol. The molecule has 0 aromatic carbocycles. The molecule has 0 N–H and O–H groups in total. The minimum Gasteiger partial charge on any atom is -0.374 e. The highest BCUT2D eigenvalue weighted by Gasteiger charge is 2.17. The zero-order valence-corrected chi connectivity index (χ0v) is 7.56. The highest BCUT2D eigenvalue weighted by Crippen LogP contribution is 2.20. The van der Waals surface area contributed by atoms with Crippen LogP contribution >= 0.6 is 22.6 Å². The molecule has 0 aromatic rings. The maximum Gasteiger partial charge on any atom is 0.0790 e. The zero-order chi connectivity index (χ0) is 6.69. The smallest absolute Gasteiger partial charge is 0.0790 e. The van der Waals surface area contributed by atoms with Crippen molar-refractivity contribution in [3.05, 3.63) is 12.2 Å². The van der Waals surface area contributed by atoms with E-state index >= 15 is 0 Å². The Kier molecular flexibility index (Phi) is 2.98. The van der Waals surface area contributed by atoms with Gasteiger partial charge in [0.15, 0.2) is 0 Å². The molecule has 0 aromatic heterocycles. The minimum atomic E-state index is 0.377. The lowest BCUT2D eigenvalue weighted by Gasteiger charge is -2.06. The Balaban J connectivity index is 2.31. The Hall–Kier alpha value is 0.430. The number of hydrogen-bond acceptors (Lipinski definition) is 1. The lowest BCUT2D eigenvalue weighted by Crippen LogP contribution is -2.06. The summed E-state index contributed by atoms with van der Waals surface area (Å²) in [7, 11) is 0. The van der Waals surface area contributed by atoms with Crippen LogP contribution in [0.25, 0.3) is 0 Å². The van der Waals surface area contributed by atoms with Gasteiger partial charge < -0.3 is 4.74 Å². The van der Waals surface area contributed by atoms with E-state index < -0.39 is 0 Å². The second kappa shape index (κ2) is 3.56. The van der Waals surface area contributed by atoms with Crippen molar-refractivity contribution in [3.8, 4) is 0 Å². The Morgan fingerprint density at radius 1 is 1.78 bits per heavy atom. The van der Waals surface area contributed by atoms with Crippen molar-refractivity contribution in [1.29, 1.82) is 0 Å². The first-order valence-electron chi connectivity index (χ1n) is 3.20. The van der Waals surface area contributed by atoms with Crippen LogP contribution in [-0.4, -0.2) is 17.1 Å². The molecule has 1 heterocycles. The average molecular weight is 238 g/mol. The first-order chi connectivity index (χ1) is 4.34. The van der Waals surface area contributed by atoms with Crippen LogP contribution in [0.2, 0.25) is 0 Å². The van der Waals surface area contributed by atoms with E-state index in [1.807, 2.05) is 0 Å². The molecule has 2 heteroatoms. The molecule has 0 radical (unpaired) electrons. The van der Waals surface area contributed by atoms with Gasteiger partial charge in [-0.2, -0.15) is 0 Å². The van der Waals surface area contributed by atoms with E-state index in [4.69, 9.17) is 4.74 Å². The van der Waals surface area contributed by atoms with Crippen molar-refractivity contribution < 1.29 is 4.74 Å². The first-order valence-corrected chi connectivity index (χ1v) is 4.72. The van der Waals surface area contributed by atoms with Crippen LogP contribution in [-0.2, 0) is 4.74 Å². The number of halogens is 1. The summed E-state index contributed by atoms with van der Waals surface area (Å²) in [6.45, 7) is 4.81. The third-order valence-electron chi connectivity index (χ3n) is 1.57. The summed E-state index contributed by atoms with van der Waals surface area (Å²) in [5.74, 6) is 0. The molecule has 1 rings (SSSR count). The molecule has 52 valence electrons. The fourth-order valence-corrected chi connectivity index (χ4v) is 1.56. The molecule has 0 bridgehead atoms. The molecule has 0 saturated carbocycles. The van der Waals surface area contributed by atoms with E-state index in [0.29, 0.717) is 6.10 Å². The Morgan fingerprint density at radius 2 is 2.56 bits per heavy atom. The van der Waals surface area contributed by atoms with Crippen molar-refractivity contribution >= 4 is 22.6 Å². The predicted octanol–water partition coefficient (Wildman–Crippen LogP) is 2.16. The molecule has 1 nitrogen and oxygen atoms in total. The molecule has 0 aliphatic carbocycles. The molecule has 1 saturated heterocycles. The Labute approximate surface area is 69.6 Å². The molecule has 1 aliphatic rings. The SMILES string of the molecule is C=C1CCOC1CCI. The number of rotatable bonds is 2. The van der Waals surface area contributed by atoms with E-state index in [-0.39, 0.29) is 0 Å². The summed E-state index contributed by atoms with van der Waals surface area (Å²) in [6, 6.07) is 0. The van der Waals surface area contributed by atoms with Crippen LogP contribution in [0.15, 0.2) is 12.2 Å². The molecule has 1 aliphatic heterocycles. The Bertz CT molecular complexity index is 111. The minimum absolute atomic E-state index is 0.377. The van der Waals surface area contributed by atoms with Crippen molar-refractivity contribution in [2.24, 2.45) is 0 Å². The van der Waals surface area contributed by atoms with E-state index in [9.17, 15) is 0 Å². The second-order valence-electron chi connectivity index (χ2n) is 2.25. The van der Waals surface area contributed by atoms with Crippen LogP contribution in [0.5, 0.6) is 0 Å². The van der Waals surface area contributed by atoms with Crippen LogP contribution in [0.4, 0.5) is 0 Å². The largest absolute Gasteiger partial charge is 0.374 e. The van der Waals surface area contributed by atoms with Gasteiger partial charge in [-0.05, 0) is 18.4 Å². The fourth-order valence-electron chi connectivity index (χ4n) is 0.998. The van der Waals surface area contributed by atoms with E-state index in [2.05, 4.69) is 29.2 Å². The molecule has 1 unspecified atom stereocenters. The van der Waals surface area contributed by atoms with Gasteiger partial charge in [-0.25, -0.2) is 0 Å². The number of hydrogen-bond donors (Lipinski definition) is 0. The second-order valence-corrected chi connectivity index (χ2v) is 3.32. The zero-order valence-electron chi connectivity index (χ0n) is 5.40. The van der Waals surface area contributed by atoms with Gasteiger partial charge in [0, 0.05) is 4.43 Å². The van der Waals surface area contributed by atoms with Gasteiger partial charge in [0.1, 0.15) is 0 Å². The molecule has 1 fully saturated rings. The highest BCUT2D eigenvalue weighted by molar-refractivity contribution is 14.1. The third kappa shape index (κ3) is 1.93. The van der Waals surface area contributed by atoms with Crippen molar-refractivity contribution in [2.75, 3.05) is 11.0 Å². The van der Waals surface area contributed by atoms with Crippen molar-refractivity contribution in [1.82, 2.24) is 0 Å². The number of alkyl halides is 1. The van der Waals surface area contributed by atoms with Crippen LogP contribution in [0, 0.1) is 0 Å². The topological polar surface area (TPSA) is 9.23 Å². The van der Waals surface area contributed by atoms with Gasteiger partial charge >= 0.3 is 0 Å². The first kappa shape index (κ1) is 7.54. The van der Waals surface area contributed by atoms with Gasteiger partial charge in [0.25, 0.3) is 0 Å². The van der Waals surface area contributed by atoms with Crippen molar-refractivity contribution in [2.45, 2.75) is 18.9 Å². The quantitative estimate of drug-likeness (QED) is 0.407. The van der Waals surface area contributed by atoms with E-state index in [0.717, 1.165) is 19.4 Å². The Morgan fingerprint density at radius 3 is 3.00 bits per heavy atom.